The summed E-state index contributed by atoms with van der Waals surface area (Å²) in [7, 11) is -0.767. The Morgan fingerprint density at radius 2 is 0.583 bits per heavy atom. The van der Waals surface area contributed by atoms with Crippen LogP contribution in [0.3, 0.4) is 0 Å². The van der Waals surface area contributed by atoms with Gasteiger partial charge in [-0.05, 0) is 235 Å². The van der Waals surface area contributed by atoms with Crippen molar-refractivity contribution >= 4 is 166 Å². The zero-order valence-corrected chi connectivity index (χ0v) is 83.8. The number of nitrogens with one attached hydrogen (secondary N) is 1. The third-order valence-electron chi connectivity index (χ3n) is 29.8. The van der Waals surface area contributed by atoms with Gasteiger partial charge < -0.3 is 14.3 Å². The molecule has 1 N–H and O–H groups in total. The topological polar surface area (TPSA) is 121 Å². The molecule has 139 heavy (non-hydrogen) atoms. The van der Waals surface area contributed by atoms with Gasteiger partial charge >= 0.3 is 7.12 Å². The minimum Gasteiger partial charge on any atom is -0.399 e. The summed E-state index contributed by atoms with van der Waals surface area (Å²) in [6.07, 6.45) is 0. The van der Waals surface area contributed by atoms with Gasteiger partial charge in [-0.1, -0.05) is 447 Å². The minimum atomic E-state index is -0.446. The monoisotopic (exact) mass is 1950 g/mol. The molecule has 9 nitrogen and oxygen atoms in total. The van der Waals surface area contributed by atoms with Gasteiger partial charge in [0.1, 0.15) is 4.47 Å². The van der Waals surface area contributed by atoms with E-state index in [9.17, 15) is 20.2 Å². The predicted octanol–water partition coefficient (Wildman–Crippen LogP) is 33.0. The molecule has 20 aromatic carbocycles. The fourth-order valence-corrected chi connectivity index (χ4v) is 26.7. The molecular weight excluding hydrogens is 1850 g/mol. The van der Waals surface area contributed by atoms with E-state index in [0.29, 0.717) is 20.8 Å². The number of rotatable bonds is 7. The summed E-state index contributed by atoms with van der Waals surface area (Å²) in [4.78, 5) is 27.1. The molecule has 1 saturated heterocycles. The second-order valence-electron chi connectivity index (χ2n) is 39.7. The Hall–Kier alpha value is -14.1. The molecule has 0 unspecified atom stereocenters. The van der Waals surface area contributed by atoms with Crippen molar-refractivity contribution in [2.45, 2.75) is 116 Å². The van der Waals surface area contributed by atoms with E-state index in [1.165, 1.54) is 142 Å². The average Bonchev–Trinajstić information content (AvgIpc) is 1.56. The smallest absolute Gasteiger partial charge is 0.399 e. The van der Waals surface area contributed by atoms with Gasteiger partial charge in [0.2, 0.25) is 0 Å². The molecule has 1 aromatic heterocycles. The lowest BCUT2D eigenvalue weighted by Gasteiger charge is -2.32. The largest absolute Gasteiger partial charge is 0.495 e. The third-order valence-corrected chi connectivity index (χ3v) is 33.7. The van der Waals surface area contributed by atoms with Gasteiger partial charge in [-0.2, -0.15) is 0 Å². The van der Waals surface area contributed by atoms with Gasteiger partial charge in [-0.25, -0.2) is 0 Å². The molecule has 0 atom stereocenters. The van der Waals surface area contributed by atoms with Crippen LogP contribution in [0.2, 0.25) is 0 Å². The minimum absolute atomic E-state index is 0.0344. The molecule has 26 rings (SSSR count). The summed E-state index contributed by atoms with van der Waals surface area (Å²) in [5.74, 6) is 0. The number of H-pyrrole nitrogens is 1. The maximum absolute atomic E-state index is 12.5. The molecule has 0 saturated carbocycles. The average molecular weight is 1960 g/mol. The number of aromatic amines is 1. The molecule has 1 aliphatic heterocycles. The van der Waals surface area contributed by atoms with Crippen molar-refractivity contribution in [1.82, 2.24) is 4.98 Å². The highest BCUT2D eigenvalue weighted by Crippen LogP contribution is 2.59. The molecule has 0 bridgehead atoms. The van der Waals surface area contributed by atoms with Crippen LogP contribution < -0.4 is 21.4 Å². The first-order valence-corrected chi connectivity index (χ1v) is 50.5. The summed E-state index contributed by atoms with van der Waals surface area (Å²) in [6, 6.07) is 139. The molecule has 5 aliphatic rings. The van der Waals surface area contributed by atoms with E-state index in [1.807, 2.05) is 91.0 Å². The summed E-state index contributed by atoms with van der Waals surface area (Å²) >= 11 is 7.04. The Labute approximate surface area is 829 Å². The highest BCUT2D eigenvalue weighted by Gasteiger charge is 2.54. The molecule has 0 radical (unpaired) electrons. The van der Waals surface area contributed by atoms with Gasteiger partial charge in [-0.15, -0.1) is 0 Å². The first-order chi connectivity index (χ1) is 67.1. The first kappa shape index (κ1) is 91.4. The number of hydrogen-bond acceptors (Lipinski definition) is 6. The van der Waals surface area contributed by atoms with Crippen molar-refractivity contribution in [3.05, 3.63) is 474 Å². The Morgan fingerprint density at radius 3 is 1.05 bits per heavy atom. The van der Waals surface area contributed by atoms with E-state index in [0.717, 1.165) is 54.5 Å². The lowest BCUT2D eigenvalue weighted by molar-refractivity contribution is -0.383. The molecule has 1 fully saturated rings. The van der Waals surface area contributed by atoms with Gasteiger partial charge in [0.25, 0.3) is 11.4 Å². The Morgan fingerprint density at radius 1 is 0.273 bits per heavy atom. The van der Waals surface area contributed by atoms with E-state index >= 15 is 0 Å². The van der Waals surface area contributed by atoms with Crippen LogP contribution in [0, 0.1) is 20.2 Å². The van der Waals surface area contributed by atoms with E-state index < -0.39 is 7.92 Å². The number of halogens is 2. The Kier molecular flexibility index (Phi) is 23.5. The van der Waals surface area contributed by atoms with Crippen molar-refractivity contribution in [3.8, 4) is 55.6 Å². The van der Waals surface area contributed by atoms with Crippen LogP contribution in [-0.2, 0) is 31.0 Å². The van der Waals surface area contributed by atoms with Crippen molar-refractivity contribution in [2.24, 2.45) is 0 Å². The molecule has 0 amide bonds. The van der Waals surface area contributed by atoms with E-state index in [4.69, 9.17) is 9.31 Å². The quantitative estimate of drug-likeness (QED) is 0.0558. The van der Waals surface area contributed by atoms with Crippen LogP contribution in [-0.4, -0.2) is 33.2 Å². The summed E-state index contributed by atoms with van der Waals surface area (Å²) < 4.78 is 14.4. The third kappa shape index (κ3) is 15.4. The van der Waals surface area contributed by atoms with E-state index in [1.54, 1.807) is 6.07 Å². The Balaban J connectivity index is 0.000000101. The Bertz CT molecular complexity index is 8410. The van der Waals surface area contributed by atoms with Crippen LogP contribution >= 0.6 is 39.8 Å². The molecule has 4 aliphatic carbocycles. The standard InChI is InChI=1S/C29H21NO2.C29H21N.C21H25BO2.C18H15P.C15H13Br.C14H8BrNO2/c1-29(2)25-17-8-7-12-20(25)22-15-9-16-24(27(22)29)26-21-13-5-3-10-18(21)19-11-4-6-14-23(19)28(26)30(31)32;1-29(2)23-14-8-7-11-19(23)21-15-16-24-26(27(21)29)25-20-12-5-3-9-17(20)18-10-4-6-13-22(18)28(25)30-24;1-19(2)16-12-8-7-10-14(16)15-11-9-13-17(18(15)19)22-23-20(3,4)21(5,6)24-22;1-4-10-16(11-5-1)19(17-12-6-2-7-13-17)18-14-8-3-9-15-18;1-15(2)12-8-4-3-6-10(12)11-7-5-9-13(16)14(11)15;15-13-11-7-3-1-5-9(11)10-6-2-4-8-12(10)14(13)16(17)18/h3-17H,1-2H3;3-16,30H,1-2H3;7-13H,1-6H3;1-15H;3-9H,1-2H3;1-8H. The summed E-state index contributed by atoms with van der Waals surface area (Å²) in [5.41, 5.74) is 26.1. The fraction of sp³-hybridized carbons (Fsp3) is 0.143. The predicted molar refractivity (Wildman–Crippen MR) is 592 cm³/mol. The number of benzene rings is 20. The molecule has 21 aromatic rings. The summed E-state index contributed by atoms with van der Waals surface area (Å²) in [5, 5.41) is 43.0. The highest BCUT2D eigenvalue weighted by atomic mass is 79.9. The fourth-order valence-electron chi connectivity index (χ4n) is 22.8. The van der Waals surface area contributed by atoms with Crippen LogP contribution in [0.5, 0.6) is 0 Å². The second kappa shape index (κ2) is 35.7. The number of aromatic nitrogens is 1. The SMILES string of the molecule is CC1(C)c2ccccc2-c2ccc3[nH]c4c5ccccc5c5ccccc5c4c3c21.CC1(C)c2ccccc2-c2cccc(-c3c([N+](=O)[O-])c4ccccc4c4ccccc34)c21.CC1(C)c2ccccc2-c2cccc(B3OC(C)(C)C(C)(C)O3)c21.CC1(C)c2ccccc2-c2cccc(Br)c21.O=[N+]([O-])c1c(Br)c2ccccc2c2ccccc12.c1ccc(P(c2ccccc2)c2ccccc2)cc1. The zero-order valence-electron chi connectivity index (χ0n) is 79.7. The maximum Gasteiger partial charge on any atom is 0.495 e. The molecule has 680 valence electrons. The number of hydrogen-bond donors (Lipinski definition) is 1. The van der Waals surface area contributed by atoms with Crippen molar-refractivity contribution in [2.75, 3.05) is 0 Å². The van der Waals surface area contributed by atoms with Crippen LogP contribution in [0.1, 0.15) is 128 Å². The number of nitro groups is 2. The first-order valence-electron chi connectivity index (χ1n) is 47.5. The molecule has 2 heterocycles. The lowest BCUT2D eigenvalue weighted by Crippen LogP contribution is -2.41. The number of nitro benzene ring substituents is 2. The van der Waals surface area contributed by atoms with Crippen LogP contribution in [0.4, 0.5) is 11.4 Å². The van der Waals surface area contributed by atoms with Crippen molar-refractivity contribution in [1.29, 1.82) is 0 Å². The highest BCUT2D eigenvalue weighted by molar-refractivity contribution is 9.11. The van der Waals surface area contributed by atoms with E-state index in [-0.39, 0.29) is 61.2 Å². The molecule has 13 heteroatoms. The van der Waals surface area contributed by atoms with Gasteiger partial charge in [0.05, 0.1) is 42.9 Å². The number of fused-ring (bicyclic) bond motifs is 27. The maximum atomic E-state index is 12.5. The second-order valence-corrected chi connectivity index (χ2v) is 43.6. The summed E-state index contributed by atoms with van der Waals surface area (Å²) in [6.45, 7) is 26.8. The van der Waals surface area contributed by atoms with Crippen molar-refractivity contribution in [3.63, 3.8) is 0 Å². The lowest BCUT2D eigenvalue weighted by atomic mass is 9.68. The van der Waals surface area contributed by atoms with Gasteiger partial charge in [-0.3, -0.25) is 20.2 Å². The number of nitrogens with zero attached hydrogens (tertiary/aromatic N) is 2. The molecule has 0 spiro atoms. The normalized spacial score (nSPS) is 14.9. The van der Waals surface area contributed by atoms with Crippen LogP contribution in [0.25, 0.3) is 142 Å². The molecular formula is C126H103BBr2N3O6P. The van der Waals surface area contributed by atoms with Crippen molar-refractivity contribution < 1.29 is 19.2 Å². The van der Waals surface area contributed by atoms with Gasteiger partial charge in [0.15, 0.2) is 0 Å². The van der Waals surface area contributed by atoms with Crippen LogP contribution in [0.15, 0.2) is 409 Å². The van der Waals surface area contributed by atoms with E-state index in [2.05, 4.69) is 423 Å². The zero-order chi connectivity index (χ0) is 96.3. The van der Waals surface area contributed by atoms with Gasteiger partial charge in [0, 0.05) is 53.2 Å².